The normalized spacial score (nSPS) is 12.6. The molecule has 0 unspecified atom stereocenters. The summed E-state index contributed by atoms with van der Waals surface area (Å²) >= 11 is 5.00. The molecule has 1 heterocycles. The first-order chi connectivity index (χ1) is 8.15. The fraction of sp³-hybridized carbons (Fsp3) is 0.273. The van der Waals surface area contributed by atoms with Gasteiger partial charge in [0.2, 0.25) is 0 Å². The molecule has 6 heteroatoms. The molecule has 2 rings (SSSR count). The van der Waals surface area contributed by atoms with E-state index in [0.29, 0.717) is 11.6 Å². The van der Waals surface area contributed by atoms with Crippen molar-refractivity contribution in [3.8, 4) is 0 Å². The van der Waals surface area contributed by atoms with E-state index in [1.807, 2.05) is 24.3 Å². The number of nitrogens with zero attached hydrogens (tertiary/aromatic N) is 2. The van der Waals surface area contributed by atoms with Gasteiger partial charge in [-0.05, 0) is 31.2 Å². The molecule has 0 aliphatic carbocycles. The second kappa shape index (κ2) is 5.66. The van der Waals surface area contributed by atoms with Crippen LogP contribution in [0.25, 0.3) is 0 Å². The second-order valence-corrected chi connectivity index (χ2v) is 5.43. The Bertz CT molecular complexity index is 484. The molecule has 0 radical (unpaired) electrons. The molecule has 2 aromatic rings. The first kappa shape index (κ1) is 12.6. The summed E-state index contributed by atoms with van der Waals surface area (Å²) in [6.07, 6.45) is -0.714. The van der Waals surface area contributed by atoms with Gasteiger partial charge in [0.1, 0.15) is 6.10 Å². The molecule has 0 spiro atoms. The van der Waals surface area contributed by atoms with Crippen LogP contribution in [-0.4, -0.2) is 15.2 Å². The standard InChI is InChI=1S/C11H11BrN2O2S/c1-7(15)11-13-10(14-16-11)6-17-9-4-2-8(12)3-5-9/h2-5,7,15H,6H2,1H3/t7-/m0/s1. The molecule has 0 saturated carbocycles. The van der Waals surface area contributed by atoms with Crippen molar-refractivity contribution in [3.05, 3.63) is 40.5 Å². The van der Waals surface area contributed by atoms with Crippen molar-refractivity contribution in [3.63, 3.8) is 0 Å². The lowest BCUT2D eigenvalue weighted by atomic mass is 10.4. The van der Waals surface area contributed by atoms with Gasteiger partial charge in [-0.2, -0.15) is 4.98 Å². The number of halogens is 1. The molecule has 90 valence electrons. The molecular formula is C11H11BrN2O2S. The van der Waals surface area contributed by atoms with Crippen molar-refractivity contribution in [2.24, 2.45) is 0 Å². The molecule has 1 atom stereocenters. The Kier molecular flexibility index (Phi) is 4.20. The summed E-state index contributed by atoms with van der Waals surface area (Å²) in [5, 5.41) is 13.0. The van der Waals surface area contributed by atoms with E-state index >= 15 is 0 Å². The van der Waals surface area contributed by atoms with Crippen LogP contribution in [0, 0.1) is 0 Å². The van der Waals surface area contributed by atoms with Gasteiger partial charge in [0.15, 0.2) is 5.82 Å². The van der Waals surface area contributed by atoms with E-state index in [0.717, 1.165) is 9.37 Å². The Morgan fingerprint density at radius 1 is 1.41 bits per heavy atom. The maximum Gasteiger partial charge on any atom is 0.255 e. The third-order valence-corrected chi connectivity index (χ3v) is 3.56. The molecule has 0 bridgehead atoms. The largest absolute Gasteiger partial charge is 0.384 e. The van der Waals surface area contributed by atoms with Gasteiger partial charge in [0.05, 0.1) is 5.75 Å². The fourth-order valence-electron chi connectivity index (χ4n) is 1.17. The monoisotopic (exact) mass is 314 g/mol. The minimum atomic E-state index is -0.714. The lowest BCUT2D eigenvalue weighted by Gasteiger charge is -1.98. The maximum absolute atomic E-state index is 9.24. The molecule has 0 aliphatic heterocycles. The lowest BCUT2D eigenvalue weighted by molar-refractivity contribution is 0.151. The predicted molar refractivity (Wildman–Crippen MR) is 68.6 cm³/mol. The molecule has 17 heavy (non-hydrogen) atoms. The summed E-state index contributed by atoms with van der Waals surface area (Å²) in [6, 6.07) is 8.01. The first-order valence-electron chi connectivity index (χ1n) is 5.04. The van der Waals surface area contributed by atoms with Crippen LogP contribution in [0.3, 0.4) is 0 Å². The van der Waals surface area contributed by atoms with E-state index in [1.165, 1.54) is 0 Å². The number of aliphatic hydroxyl groups excluding tert-OH is 1. The number of thioether (sulfide) groups is 1. The van der Waals surface area contributed by atoms with Crippen LogP contribution < -0.4 is 0 Å². The molecule has 1 N–H and O–H groups in total. The summed E-state index contributed by atoms with van der Waals surface area (Å²) < 4.78 is 5.96. The number of aliphatic hydroxyl groups is 1. The molecule has 0 fully saturated rings. The zero-order chi connectivity index (χ0) is 12.3. The van der Waals surface area contributed by atoms with Crippen molar-refractivity contribution < 1.29 is 9.63 Å². The molecular weight excluding hydrogens is 304 g/mol. The summed E-state index contributed by atoms with van der Waals surface area (Å²) in [4.78, 5) is 5.22. The van der Waals surface area contributed by atoms with Gasteiger partial charge in [0, 0.05) is 9.37 Å². The number of rotatable bonds is 4. The Balaban J connectivity index is 1.95. The van der Waals surface area contributed by atoms with Crippen LogP contribution in [0.4, 0.5) is 0 Å². The Hall–Kier alpha value is -0.850. The Morgan fingerprint density at radius 3 is 2.71 bits per heavy atom. The summed E-state index contributed by atoms with van der Waals surface area (Å²) in [7, 11) is 0. The van der Waals surface area contributed by atoms with E-state index in [2.05, 4.69) is 26.1 Å². The van der Waals surface area contributed by atoms with Gasteiger partial charge in [-0.25, -0.2) is 0 Å². The third-order valence-electron chi connectivity index (χ3n) is 2.02. The van der Waals surface area contributed by atoms with Gasteiger partial charge in [-0.1, -0.05) is 21.1 Å². The van der Waals surface area contributed by atoms with Crippen LogP contribution in [0.1, 0.15) is 24.7 Å². The lowest BCUT2D eigenvalue weighted by Crippen LogP contribution is -1.91. The predicted octanol–water partition coefficient (Wildman–Crippen LogP) is 3.18. The minimum absolute atomic E-state index is 0.261. The van der Waals surface area contributed by atoms with E-state index in [1.54, 1.807) is 18.7 Å². The van der Waals surface area contributed by atoms with Crippen LogP contribution >= 0.6 is 27.7 Å². The average Bonchev–Trinajstić information content (AvgIpc) is 2.77. The van der Waals surface area contributed by atoms with Gasteiger partial charge in [0.25, 0.3) is 5.89 Å². The van der Waals surface area contributed by atoms with Crippen LogP contribution in [0.2, 0.25) is 0 Å². The quantitative estimate of drug-likeness (QED) is 0.878. The number of aromatic nitrogens is 2. The highest BCUT2D eigenvalue weighted by Crippen LogP contribution is 2.23. The Morgan fingerprint density at radius 2 is 2.12 bits per heavy atom. The van der Waals surface area contributed by atoms with Crippen molar-refractivity contribution in [1.29, 1.82) is 0 Å². The van der Waals surface area contributed by atoms with Gasteiger partial charge >= 0.3 is 0 Å². The van der Waals surface area contributed by atoms with E-state index in [9.17, 15) is 5.11 Å². The van der Waals surface area contributed by atoms with E-state index < -0.39 is 6.10 Å². The maximum atomic E-state index is 9.24. The topological polar surface area (TPSA) is 59.2 Å². The number of benzene rings is 1. The minimum Gasteiger partial charge on any atom is -0.384 e. The van der Waals surface area contributed by atoms with Gasteiger partial charge in [-0.15, -0.1) is 11.8 Å². The van der Waals surface area contributed by atoms with Crippen LogP contribution in [0.5, 0.6) is 0 Å². The first-order valence-corrected chi connectivity index (χ1v) is 6.82. The molecule has 0 aliphatic rings. The highest BCUT2D eigenvalue weighted by atomic mass is 79.9. The van der Waals surface area contributed by atoms with E-state index in [-0.39, 0.29) is 5.89 Å². The van der Waals surface area contributed by atoms with Crippen molar-refractivity contribution >= 4 is 27.7 Å². The Labute approximate surface area is 112 Å². The molecule has 0 saturated heterocycles. The number of hydrogen-bond donors (Lipinski definition) is 1. The second-order valence-electron chi connectivity index (χ2n) is 3.47. The van der Waals surface area contributed by atoms with Crippen LogP contribution in [-0.2, 0) is 5.75 Å². The smallest absolute Gasteiger partial charge is 0.255 e. The zero-order valence-corrected chi connectivity index (χ0v) is 11.5. The SMILES string of the molecule is C[C@H](O)c1nc(CSc2ccc(Br)cc2)no1. The molecule has 1 aromatic carbocycles. The van der Waals surface area contributed by atoms with Crippen molar-refractivity contribution in [2.45, 2.75) is 23.7 Å². The van der Waals surface area contributed by atoms with Crippen LogP contribution in [0.15, 0.2) is 38.2 Å². The molecule has 4 nitrogen and oxygen atoms in total. The molecule has 0 amide bonds. The summed E-state index contributed by atoms with van der Waals surface area (Å²) in [5.74, 6) is 1.47. The van der Waals surface area contributed by atoms with Crippen molar-refractivity contribution in [1.82, 2.24) is 10.1 Å². The van der Waals surface area contributed by atoms with E-state index in [4.69, 9.17) is 4.52 Å². The van der Waals surface area contributed by atoms with Gasteiger partial charge in [-0.3, -0.25) is 0 Å². The number of hydrogen-bond acceptors (Lipinski definition) is 5. The highest BCUT2D eigenvalue weighted by Gasteiger charge is 2.11. The third kappa shape index (κ3) is 3.55. The zero-order valence-electron chi connectivity index (χ0n) is 9.13. The van der Waals surface area contributed by atoms with Gasteiger partial charge < -0.3 is 9.63 Å². The highest BCUT2D eigenvalue weighted by molar-refractivity contribution is 9.10. The summed E-state index contributed by atoms with van der Waals surface area (Å²) in [6.45, 7) is 1.60. The van der Waals surface area contributed by atoms with Crippen molar-refractivity contribution in [2.75, 3.05) is 0 Å². The molecule has 1 aromatic heterocycles. The fourth-order valence-corrected chi connectivity index (χ4v) is 2.18. The average molecular weight is 315 g/mol. The summed E-state index contributed by atoms with van der Waals surface area (Å²) in [5.41, 5.74) is 0.